The lowest BCUT2D eigenvalue weighted by Crippen LogP contribution is -2.56. The Labute approximate surface area is 226 Å². The predicted molar refractivity (Wildman–Crippen MR) is 145 cm³/mol. The second kappa shape index (κ2) is 12.7. The molecule has 0 aliphatic carbocycles. The Balaban J connectivity index is 1.86. The Morgan fingerprint density at radius 2 is 1.50 bits per heavy atom. The highest BCUT2D eigenvalue weighted by atomic mass is 16.6. The molecule has 0 spiro atoms. The lowest BCUT2D eigenvalue weighted by Gasteiger charge is -2.39. The summed E-state index contributed by atoms with van der Waals surface area (Å²) in [7, 11) is 3.26. The molecule has 1 fully saturated rings. The normalized spacial score (nSPS) is 18.5. The summed E-state index contributed by atoms with van der Waals surface area (Å²) in [6.07, 6.45) is 0.117. The first kappa shape index (κ1) is 29.5. The van der Waals surface area contributed by atoms with Crippen LogP contribution >= 0.6 is 0 Å². The molecule has 0 aromatic heterocycles. The fraction of sp³-hybridized carbons (Fsp3) is 0.500. The number of amides is 1. The summed E-state index contributed by atoms with van der Waals surface area (Å²) in [5.41, 5.74) is 0.369. The van der Waals surface area contributed by atoms with Gasteiger partial charge in [-0.1, -0.05) is 30.3 Å². The molecule has 208 valence electrons. The number of nitrogens with zero attached hydrogens (tertiary/aromatic N) is 1. The largest absolute Gasteiger partial charge is 0.497 e. The van der Waals surface area contributed by atoms with E-state index in [1.807, 2.05) is 83.1 Å². The molecule has 1 aliphatic rings. The van der Waals surface area contributed by atoms with Crippen molar-refractivity contribution < 1.29 is 33.2 Å². The molecule has 0 N–H and O–H groups in total. The SMILES string of the molecule is C=C[C@H](OCc1ccc(OC)cc1)[C@H](OCc1ccc(OC)cc1)[C@H]1COC(C)(C)N1C(=O)OC(C)(C)C. The molecule has 2 aromatic carbocycles. The molecular formula is C30H41NO7. The van der Waals surface area contributed by atoms with E-state index in [0.717, 1.165) is 22.6 Å². The minimum atomic E-state index is -0.892. The molecule has 8 heteroatoms. The standard InChI is InChI=1S/C30H41NO7/c1-9-26(35-18-21-10-14-23(33-7)15-11-21)27(36-19-22-12-16-24(34-8)17-13-22)25-20-37-30(5,6)31(25)28(32)38-29(2,3)4/h9-17,25-27H,1,18-20H2,2-8H3/t25-,26+,27-/m1/s1. The van der Waals surface area contributed by atoms with Crippen molar-refractivity contribution in [1.29, 1.82) is 0 Å². The van der Waals surface area contributed by atoms with Crippen LogP contribution in [0, 0.1) is 0 Å². The van der Waals surface area contributed by atoms with Crippen molar-refractivity contribution in [2.45, 2.75) is 77.4 Å². The monoisotopic (exact) mass is 527 g/mol. The van der Waals surface area contributed by atoms with Crippen LogP contribution in [-0.4, -0.2) is 61.4 Å². The Kier molecular flexibility index (Phi) is 9.82. The van der Waals surface area contributed by atoms with Gasteiger partial charge in [-0.15, -0.1) is 6.58 Å². The first-order valence-corrected chi connectivity index (χ1v) is 12.8. The van der Waals surface area contributed by atoms with Gasteiger partial charge in [-0.05, 0) is 70.0 Å². The number of methoxy groups -OCH3 is 2. The van der Waals surface area contributed by atoms with Crippen LogP contribution in [-0.2, 0) is 32.2 Å². The van der Waals surface area contributed by atoms with Crippen LogP contribution in [0.4, 0.5) is 4.79 Å². The first-order valence-electron chi connectivity index (χ1n) is 12.8. The van der Waals surface area contributed by atoms with Gasteiger partial charge in [-0.25, -0.2) is 4.79 Å². The molecule has 3 rings (SSSR count). The van der Waals surface area contributed by atoms with E-state index >= 15 is 0 Å². The van der Waals surface area contributed by atoms with Crippen LogP contribution in [0.25, 0.3) is 0 Å². The van der Waals surface area contributed by atoms with Gasteiger partial charge in [-0.2, -0.15) is 0 Å². The summed E-state index contributed by atoms with van der Waals surface area (Å²) in [5.74, 6) is 1.53. The van der Waals surface area contributed by atoms with Gasteiger partial charge in [0.15, 0.2) is 0 Å². The Morgan fingerprint density at radius 1 is 1.00 bits per heavy atom. The number of hydrogen-bond donors (Lipinski definition) is 0. The van der Waals surface area contributed by atoms with Crippen molar-refractivity contribution in [2.24, 2.45) is 0 Å². The maximum Gasteiger partial charge on any atom is 0.412 e. The molecule has 3 atom stereocenters. The van der Waals surface area contributed by atoms with E-state index in [9.17, 15) is 4.79 Å². The summed E-state index contributed by atoms with van der Waals surface area (Å²) in [6.45, 7) is 14.1. The number of carbonyl (C=O) groups excluding carboxylic acids is 1. The van der Waals surface area contributed by atoms with E-state index in [4.69, 9.17) is 28.4 Å². The first-order chi connectivity index (χ1) is 18.0. The molecule has 0 unspecified atom stereocenters. The van der Waals surface area contributed by atoms with Crippen molar-refractivity contribution in [1.82, 2.24) is 4.90 Å². The van der Waals surface area contributed by atoms with E-state index in [-0.39, 0.29) is 6.61 Å². The fourth-order valence-corrected chi connectivity index (χ4v) is 4.29. The van der Waals surface area contributed by atoms with Crippen LogP contribution in [0.2, 0.25) is 0 Å². The topological polar surface area (TPSA) is 75.7 Å². The minimum Gasteiger partial charge on any atom is -0.497 e. The highest BCUT2D eigenvalue weighted by Gasteiger charge is 2.50. The minimum absolute atomic E-state index is 0.260. The van der Waals surface area contributed by atoms with Gasteiger partial charge < -0.3 is 28.4 Å². The maximum absolute atomic E-state index is 13.4. The highest BCUT2D eigenvalue weighted by molar-refractivity contribution is 5.70. The smallest absolute Gasteiger partial charge is 0.412 e. The summed E-state index contributed by atoms with van der Waals surface area (Å²) < 4.78 is 35.1. The molecule has 0 saturated carbocycles. The van der Waals surface area contributed by atoms with Gasteiger partial charge >= 0.3 is 6.09 Å². The van der Waals surface area contributed by atoms with Crippen LogP contribution < -0.4 is 9.47 Å². The summed E-state index contributed by atoms with van der Waals surface area (Å²) in [5, 5.41) is 0. The van der Waals surface area contributed by atoms with E-state index in [0.29, 0.717) is 13.2 Å². The van der Waals surface area contributed by atoms with Gasteiger partial charge in [0, 0.05) is 0 Å². The molecule has 1 saturated heterocycles. The second-order valence-corrected chi connectivity index (χ2v) is 10.7. The van der Waals surface area contributed by atoms with Gasteiger partial charge in [0.25, 0.3) is 0 Å². The van der Waals surface area contributed by atoms with E-state index in [1.54, 1.807) is 25.2 Å². The maximum atomic E-state index is 13.4. The van der Waals surface area contributed by atoms with Crippen LogP contribution in [0.1, 0.15) is 45.7 Å². The van der Waals surface area contributed by atoms with Crippen molar-refractivity contribution in [3.63, 3.8) is 0 Å². The van der Waals surface area contributed by atoms with Crippen LogP contribution in [0.15, 0.2) is 61.2 Å². The Hall–Kier alpha value is -3.07. The summed E-state index contributed by atoms with van der Waals surface area (Å²) in [6, 6.07) is 14.8. The third-order valence-corrected chi connectivity index (χ3v) is 6.25. The average Bonchev–Trinajstić information content (AvgIpc) is 3.20. The molecule has 8 nitrogen and oxygen atoms in total. The number of ether oxygens (including phenoxy) is 6. The molecule has 38 heavy (non-hydrogen) atoms. The molecule has 0 radical (unpaired) electrons. The lowest BCUT2D eigenvalue weighted by atomic mass is 10.0. The van der Waals surface area contributed by atoms with E-state index in [2.05, 4.69) is 6.58 Å². The van der Waals surface area contributed by atoms with Crippen LogP contribution in [0.5, 0.6) is 11.5 Å². The Morgan fingerprint density at radius 3 is 1.95 bits per heavy atom. The zero-order valence-electron chi connectivity index (χ0n) is 23.6. The molecule has 1 amide bonds. The van der Waals surface area contributed by atoms with E-state index < -0.39 is 35.7 Å². The van der Waals surface area contributed by atoms with Gasteiger partial charge in [0.1, 0.15) is 35.0 Å². The third-order valence-electron chi connectivity index (χ3n) is 6.25. The molecule has 1 heterocycles. The summed E-state index contributed by atoms with van der Waals surface area (Å²) >= 11 is 0. The lowest BCUT2D eigenvalue weighted by molar-refractivity contribution is -0.105. The van der Waals surface area contributed by atoms with Crippen molar-refractivity contribution in [3.05, 3.63) is 72.3 Å². The van der Waals surface area contributed by atoms with Crippen molar-refractivity contribution >= 4 is 6.09 Å². The molecular weight excluding hydrogens is 486 g/mol. The van der Waals surface area contributed by atoms with E-state index in [1.165, 1.54) is 0 Å². The summed E-state index contributed by atoms with van der Waals surface area (Å²) in [4.78, 5) is 15.0. The average molecular weight is 528 g/mol. The van der Waals surface area contributed by atoms with Gasteiger partial charge in [0.2, 0.25) is 0 Å². The number of benzene rings is 2. The number of rotatable bonds is 11. The number of carbonyl (C=O) groups is 1. The zero-order valence-corrected chi connectivity index (χ0v) is 23.6. The van der Waals surface area contributed by atoms with Crippen LogP contribution in [0.3, 0.4) is 0 Å². The predicted octanol–water partition coefficient (Wildman–Crippen LogP) is 5.73. The van der Waals surface area contributed by atoms with Gasteiger partial charge in [0.05, 0.1) is 40.1 Å². The third kappa shape index (κ3) is 7.72. The quantitative estimate of drug-likeness (QED) is 0.345. The van der Waals surface area contributed by atoms with Gasteiger partial charge in [-0.3, -0.25) is 4.90 Å². The molecule has 0 bridgehead atoms. The van der Waals surface area contributed by atoms with Crippen molar-refractivity contribution in [3.8, 4) is 11.5 Å². The fourth-order valence-electron chi connectivity index (χ4n) is 4.29. The molecule has 1 aliphatic heterocycles. The van der Waals surface area contributed by atoms with Crippen molar-refractivity contribution in [2.75, 3.05) is 20.8 Å². The zero-order chi connectivity index (χ0) is 27.9. The Bertz CT molecular complexity index is 1040. The number of hydrogen-bond acceptors (Lipinski definition) is 7. The second-order valence-electron chi connectivity index (χ2n) is 10.7. The molecule has 2 aromatic rings. The highest BCUT2D eigenvalue weighted by Crippen LogP contribution is 2.34.